The number of aliphatic hydroxyl groups is 1. The normalized spacial score (nSPS) is 13.9. The maximum Gasteiger partial charge on any atom is 0.335 e. The average Bonchev–Trinajstić information content (AvgIpc) is 2.61. The van der Waals surface area contributed by atoms with Gasteiger partial charge >= 0.3 is 5.97 Å². The highest BCUT2D eigenvalue weighted by Gasteiger charge is 2.18. The van der Waals surface area contributed by atoms with Gasteiger partial charge in [0, 0.05) is 6.07 Å². The molecule has 3 aromatic rings. The Balaban J connectivity index is 2.14. The first-order valence-corrected chi connectivity index (χ1v) is 9.03. The highest BCUT2D eigenvalue weighted by atomic mass is 32.2. The molecule has 2 atom stereocenters. The van der Waals surface area contributed by atoms with E-state index in [1.165, 1.54) is 24.3 Å². The SMILES string of the molecule is CCC(O)C[S+]([O-])c1ccc2oc3ccc(C(=O)O)cc3c(=O)c2c1. The summed E-state index contributed by atoms with van der Waals surface area (Å²) < 4.78 is 18.0. The van der Waals surface area contributed by atoms with Crippen molar-refractivity contribution >= 4 is 39.1 Å². The van der Waals surface area contributed by atoms with Gasteiger partial charge in [-0.05, 0) is 47.9 Å². The molecule has 0 aliphatic heterocycles. The monoisotopic (exact) mass is 360 g/mol. The Morgan fingerprint density at radius 3 is 2.48 bits per heavy atom. The predicted molar refractivity (Wildman–Crippen MR) is 94.5 cm³/mol. The molecule has 7 heteroatoms. The van der Waals surface area contributed by atoms with E-state index < -0.39 is 23.2 Å². The Morgan fingerprint density at radius 2 is 1.84 bits per heavy atom. The van der Waals surface area contributed by atoms with Gasteiger partial charge in [0.05, 0.1) is 22.4 Å². The van der Waals surface area contributed by atoms with E-state index in [2.05, 4.69) is 0 Å². The van der Waals surface area contributed by atoms with E-state index >= 15 is 0 Å². The van der Waals surface area contributed by atoms with Crippen molar-refractivity contribution in [3.63, 3.8) is 0 Å². The average molecular weight is 360 g/mol. The molecule has 0 spiro atoms. The van der Waals surface area contributed by atoms with Gasteiger partial charge < -0.3 is 19.2 Å². The molecule has 0 saturated carbocycles. The van der Waals surface area contributed by atoms with E-state index in [-0.39, 0.29) is 33.1 Å². The van der Waals surface area contributed by atoms with E-state index in [4.69, 9.17) is 9.52 Å². The Bertz CT molecular complexity index is 1010. The molecule has 2 unspecified atom stereocenters. The summed E-state index contributed by atoms with van der Waals surface area (Å²) in [7, 11) is 0. The number of carbonyl (C=O) groups is 1. The molecule has 130 valence electrons. The van der Waals surface area contributed by atoms with Crippen molar-refractivity contribution in [2.75, 3.05) is 5.75 Å². The molecule has 2 N–H and O–H groups in total. The highest BCUT2D eigenvalue weighted by Crippen LogP contribution is 2.23. The van der Waals surface area contributed by atoms with Crippen LogP contribution in [0.5, 0.6) is 0 Å². The third kappa shape index (κ3) is 3.39. The minimum absolute atomic E-state index is 0.00931. The molecule has 1 aromatic heterocycles. The molecule has 3 rings (SSSR count). The molecule has 1 heterocycles. The molecule has 0 aliphatic rings. The lowest BCUT2D eigenvalue weighted by Gasteiger charge is -2.13. The van der Waals surface area contributed by atoms with Gasteiger partial charge in [0.1, 0.15) is 16.9 Å². The summed E-state index contributed by atoms with van der Waals surface area (Å²) in [6, 6.07) is 8.73. The minimum atomic E-state index is -1.45. The summed E-state index contributed by atoms with van der Waals surface area (Å²) in [6.07, 6.45) is -0.188. The quantitative estimate of drug-likeness (QED) is 0.534. The summed E-state index contributed by atoms with van der Waals surface area (Å²) in [6.45, 7) is 1.79. The number of rotatable bonds is 5. The summed E-state index contributed by atoms with van der Waals surface area (Å²) in [5, 5.41) is 19.1. The van der Waals surface area contributed by atoms with E-state index in [0.717, 1.165) is 0 Å². The van der Waals surface area contributed by atoms with Gasteiger partial charge in [0.25, 0.3) is 0 Å². The van der Waals surface area contributed by atoms with Crippen LogP contribution >= 0.6 is 0 Å². The zero-order valence-corrected chi connectivity index (χ0v) is 14.2. The first-order valence-electron chi connectivity index (χ1n) is 7.71. The van der Waals surface area contributed by atoms with Gasteiger partial charge in [0.2, 0.25) is 5.43 Å². The van der Waals surface area contributed by atoms with Crippen LogP contribution in [0.25, 0.3) is 21.9 Å². The maximum atomic E-state index is 12.7. The van der Waals surface area contributed by atoms with Crippen LogP contribution in [0.1, 0.15) is 23.7 Å². The van der Waals surface area contributed by atoms with Crippen molar-refractivity contribution in [1.29, 1.82) is 0 Å². The molecular formula is C18H16O6S. The molecule has 0 saturated heterocycles. The topological polar surface area (TPSA) is 111 Å². The Kier molecular flexibility index (Phi) is 4.80. The fourth-order valence-electron chi connectivity index (χ4n) is 2.50. The molecule has 2 aromatic carbocycles. The number of aromatic carboxylic acids is 1. The van der Waals surface area contributed by atoms with Crippen molar-refractivity contribution < 1.29 is 24.0 Å². The highest BCUT2D eigenvalue weighted by molar-refractivity contribution is 7.91. The lowest BCUT2D eigenvalue weighted by molar-refractivity contribution is 0.0697. The lowest BCUT2D eigenvalue weighted by Crippen LogP contribution is -2.20. The van der Waals surface area contributed by atoms with Gasteiger partial charge in [-0.1, -0.05) is 6.92 Å². The molecule has 6 nitrogen and oxygen atoms in total. The summed E-state index contributed by atoms with van der Waals surface area (Å²) in [4.78, 5) is 24.2. The summed E-state index contributed by atoms with van der Waals surface area (Å²) in [5.41, 5.74) is 0.231. The van der Waals surface area contributed by atoms with E-state index in [9.17, 15) is 19.2 Å². The lowest BCUT2D eigenvalue weighted by atomic mass is 10.1. The van der Waals surface area contributed by atoms with Crippen molar-refractivity contribution in [3.8, 4) is 0 Å². The number of hydrogen-bond acceptors (Lipinski definition) is 5. The fraction of sp³-hybridized carbons (Fsp3) is 0.222. The van der Waals surface area contributed by atoms with E-state index in [0.29, 0.717) is 16.9 Å². The van der Waals surface area contributed by atoms with Crippen LogP contribution < -0.4 is 5.43 Å². The van der Waals surface area contributed by atoms with E-state index in [1.54, 1.807) is 19.1 Å². The maximum absolute atomic E-state index is 12.7. The van der Waals surface area contributed by atoms with Crippen LogP contribution in [0, 0.1) is 0 Å². The Hall–Kier alpha value is -2.35. The van der Waals surface area contributed by atoms with Crippen molar-refractivity contribution in [2.24, 2.45) is 0 Å². The number of hydrogen-bond donors (Lipinski definition) is 2. The summed E-state index contributed by atoms with van der Waals surface area (Å²) >= 11 is -1.45. The molecule has 25 heavy (non-hydrogen) atoms. The van der Waals surface area contributed by atoms with Crippen LogP contribution in [0.15, 0.2) is 50.5 Å². The standard InChI is InChI=1S/C18H16O6S/c1-2-11(19)9-25(23)12-4-6-16-14(8-12)17(20)13-7-10(18(21)22)3-5-15(13)24-16/h3-8,11,19H,2,9H2,1H3,(H,21,22). The van der Waals surface area contributed by atoms with Gasteiger partial charge in [-0.25, -0.2) is 4.79 Å². The van der Waals surface area contributed by atoms with Crippen molar-refractivity contribution in [3.05, 3.63) is 52.2 Å². The second-order valence-electron chi connectivity index (χ2n) is 5.68. The third-order valence-corrected chi connectivity index (χ3v) is 5.43. The zero-order chi connectivity index (χ0) is 18.1. The molecule has 0 aliphatic carbocycles. The van der Waals surface area contributed by atoms with Crippen LogP contribution in [-0.4, -0.2) is 32.6 Å². The van der Waals surface area contributed by atoms with Gasteiger partial charge in [-0.15, -0.1) is 0 Å². The third-order valence-electron chi connectivity index (χ3n) is 3.96. The van der Waals surface area contributed by atoms with Crippen molar-refractivity contribution in [2.45, 2.75) is 24.3 Å². The molecule has 0 radical (unpaired) electrons. The molecule has 0 bridgehead atoms. The van der Waals surface area contributed by atoms with Crippen LogP contribution in [0.3, 0.4) is 0 Å². The smallest absolute Gasteiger partial charge is 0.335 e. The minimum Gasteiger partial charge on any atom is -0.611 e. The molecular weight excluding hydrogens is 344 g/mol. The van der Waals surface area contributed by atoms with Gasteiger partial charge in [-0.2, -0.15) is 0 Å². The van der Waals surface area contributed by atoms with Crippen LogP contribution in [-0.2, 0) is 11.2 Å². The first kappa shape index (κ1) is 17.5. The molecule has 0 amide bonds. The number of benzene rings is 2. The fourth-order valence-corrected chi connectivity index (χ4v) is 3.75. The number of carboxylic acids is 1. The van der Waals surface area contributed by atoms with Crippen LogP contribution in [0.4, 0.5) is 0 Å². The molecule has 0 fully saturated rings. The second kappa shape index (κ2) is 6.87. The number of carboxylic acid groups (broad SMARTS) is 1. The Morgan fingerprint density at radius 1 is 1.20 bits per heavy atom. The zero-order valence-electron chi connectivity index (χ0n) is 13.4. The Labute approximate surface area is 145 Å². The largest absolute Gasteiger partial charge is 0.611 e. The predicted octanol–water partition coefficient (Wildman–Crippen LogP) is 2.52. The van der Waals surface area contributed by atoms with Crippen LogP contribution in [0.2, 0.25) is 0 Å². The van der Waals surface area contributed by atoms with E-state index in [1.807, 2.05) is 0 Å². The second-order valence-corrected chi connectivity index (χ2v) is 7.18. The van der Waals surface area contributed by atoms with Gasteiger partial charge in [-0.3, -0.25) is 4.79 Å². The summed E-state index contributed by atoms with van der Waals surface area (Å²) in [5.74, 6) is -1.05. The number of aliphatic hydroxyl groups excluding tert-OH is 1. The van der Waals surface area contributed by atoms with Gasteiger partial charge in [0.15, 0.2) is 4.90 Å². The van der Waals surface area contributed by atoms with Crippen molar-refractivity contribution in [1.82, 2.24) is 0 Å². The number of fused-ring (bicyclic) bond motifs is 2. The first-order chi connectivity index (χ1) is 11.9.